The summed E-state index contributed by atoms with van der Waals surface area (Å²) in [5.41, 5.74) is 3.28. The first-order chi connectivity index (χ1) is 13.3. The Morgan fingerprint density at radius 1 is 1.14 bits per heavy atom. The zero-order chi connectivity index (χ0) is 20.7. The molecule has 0 aliphatic heterocycles. The molecular formula is C19H17BrClN3O4. The number of aromatic nitrogens is 2. The Morgan fingerprint density at radius 2 is 1.82 bits per heavy atom. The van der Waals surface area contributed by atoms with Gasteiger partial charge in [-0.3, -0.25) is 0 Å². The molecule has 1 heterocycles. The summed E-state index contributed by atoms with van der Waals surface area (Å²) in [5, 5.41) is 18.9. The molecule has 0 aliphatic rings. The molecule has 0 atom stereocenters. The highest BCUT2D eigenvalue weighted by Crippen LogP contribution is 2.24. The van der Waals surface area contributed by atoms with Gasteiger partial charge in [-0.25, -0.2) is 14.6 Å². The van der Waals surface area contributed by atoms with Crippen molar-refractivity contribution in [2.75, 3.05) is 5.32 Å². The van der Waals surface area contributed by atoms with Gasteiger partial charge in [0.15, 0.2) is 0 Å². The Bertz CT molecular complexity index is 979. The van der Waals surface area contributed by atoms with Crippen molar-refractivity contribution < 1.29 is 19.8 Å². The Labute approximate surface area is 174 Å². The van der Waals surface area contributed by atoms with E-state index in [1.165, 1.54) is 5.56 Å². The third kappa shape index (κ3) is 6.11. The third-order valence-electron chi connectivity index (χ3n) is 3.63. The third-order valence-corrected chi connectivity index (χ3v) is 4.36. The monoisotopic (exact) mass is 465 g/mol. The topological polar surface area (TPSA) is 104 Å². The largest absolute Gasteiger partial charge is 0.473 e. The number of nitrogens with zero attached hydrogens (tertiary/aromatic N) is 2. The number of imidazole rings is 1. The van der Waals surface area contributed by atoms with Crippen LogP contribution in [0.3, 0.4) is 0 Å². The summed E-state index contributed by atoms with van der Waals surface area (Å²) < 4.78 is 3.11. The minimum absolute atomic E-state index is 0.722. The predicted molar refractivity (Wildman–Crippen MR) is 110 cm³/mol. The van der Waals surface area contributed by atoms with Crippen LogP contribution in [0, 0.1) is 0 Å². The average Bonchev–Trinajstić information content (AvgIpc) is 3.01. The van der Waals surface area contributed by atoms with Crippen LogP contribution in [0.1, 0.15) is 5.56 Å². The molecule has 0 bridgehead atoms. The van der Waals surface area contributed by atoms with Crippen molar-refractivity contribution in [1.82, 2.24) is 9.55 Å². The zero-order valence-electron chi connectivity index (χ0n) is 14.8. The summed E-state index contributed by atoms with van der Waals surface area (Å²) in [5.74, 6) is -2.82. The number of anilines is 1. The van der Waals surface area contributed by atoms with E-state index in [9.17, 15) is 0 Å². The van der Waals surface area contributed by atoms with E-state index in [0.29, 0.717) is 0 Å². The highest BCUT2D eigenvalue weighted by atomic mass is 79.9. The van der Waals surface area contributed by atoms with E-state index in [0.717, 1.165) is 33.2 Å². The molecular weight excluding hydrogens is 450 g/mol. The molecule has 0 amide bonds. The first kappa shape index (κ1) is 21.5. The van der Waals surface area contributed by atoms with Crippen LogP contribution in [0.25, 0.3) is 11.3 Å². The van der Waals surface area contributed by atoms with E-state index in [1.54, 1.807) is 0 Å². The van der Waals surface area contributed by atoms with Crippen LogP contribution in [0.2, 0.25) is 5.02 Å². The molecule has 3 N–H and O–H groups in total. The van der Waals surface area contributed by atoms with E-state index in [1.807, 2.05) is 54.2 Å². The van der Waals surface area contributed by atoms with Crippen molar-refractivity contribution in [1.29, 1.82) is 0 Å². The number of carboxylic acids is 2. The van der Waals surface area contributed by atoms with Gasteiger partial charge >= 0.3 is 11.9 Å². The minimum atomic E-state index is -1.82. The lowest BCUT2D eigenvalue weighted by Crippen LogP contribution is -2.09. The van der Waals surface area contributed by atoms with Gasteiger partial charge in [-0.15, -0.1) is 0 Å². The van der Waals surface area contributed by atoms with Gasteiger partial charge in [0.1, 0.15) is 0 Å². The highest BCUT2D eigenvalue weighted by molar-refractivity contribution is 9.10. The number of benzene rings is 2. The molecule has 9 heteroatoms. The maximum absolute atomic E-state index is 9.10. The van der Waals surface area contributed by atoms with Crippen molar-refractivity contribution in [2.45, 2.75) is 6.54 Å². The van der Waals surface area contributed by atoms with E-state index in [-0.39, 0.29) is 0 Å². The van der Waals surface area contributed by atoms with Crippen LogP contribution in [-0.4, -0.2) is 31.7 Å². The standard InChI is InChI=1S/C17H15BrClN3.C2H2O4/c1-22-16(13-5-3-7-15(19)9-13)11-21-17(22)20-10-12-4-2-6-14(18)8-12;3-1(4)2(5)6/h2-9,11H,10H2,1H3,(H,20,21);(H,3,4)(H,5,6). The van der Waals surface area contributed by atoms with Crippen LogP contribution < -0.4 is 5.32 Å². The fourth-order valence-electron chi connectivity index (χ4n) is 2.32. The molecule has 0 unspecified atom stereocenters. The van der Waals surface area contributed by atoms with Crippen LogP contribution in [-0.2, 0) is 23.2 Å². The molecule has 0 aliphatic carbocycles. The van der Waals surface area contributed by atoms with Gasteiger partial charge in [-0.1, -0.05) is 51.8 Å². The van der Waals surface area contributed by atoms with Crippen molar-refractivity contribution in [3.05, 3.63) is 69.8 Å². The van der Waals surface area contributed by atoms with Crippen LogP contribution >= 0.6 is 27.5 Å². The minimum Gasteiger partial charge on any atom is -0.473 e. The highest BCUT2D eigenvalue weighted by Gasteiger charge is 2.08. The number of rotatable bonds is 4. The quantitative estimate of drug-likeness (QED) is 0.496. The number of carbonyl (C=O) groups is 2. The number of carboxylic acid groups (broad SMARTS) is 2. The normalized spacial score (nSPS) is 9.96. The lowest BCUT2D eigenvalue weighted by Gasteiger charge is -2.09. The molecule has 0 saturated carbocycles. The van der Waals surface area contributed by atoms with Crippen molar-refractivity contribution in [2.24, 2.45) is 7.05 Å². The Hall–Kier alpha value is -2.84. The van der Waals surface area contributed by atoms with E-state index in [2.05, 4.69) is 38.4 Å². The summed E-state index contributed by atoms with van der Waals surface area (Å²) in [4.78, 5) is 22.7. The number of aliphatic carboxylic acids is 2. The van der Waals surface area contributed by atoms with E-state index < -0.39 is 11.9 Å². The Kier molecular flexibility index (Phi) is 7.60. The fourth-order valence-corrected chi connectivity index (χ4v) is 2.95. The van der Waals surface area contributed by atoms with Crippen LogP contribution in [0.5, 0.6) is 0 Å². The lowest BCUT2D eigenvalue weighted by molar-refractivity contribution is -0.159. The van der Waals surface area contributed by atoms with Gasteiger partial charge in [0.25, 0.3) is 0 Å². The molecule has 2 aromatic carbocycles. The SMILES string of the molecule is Cn1c(-c2cccc(Cl)c2)cnc1NCc1cccc(Br)c1.O=C(O)C(=O)O. The second-order valence-electron chi connectivity index (χ2n) is 5.63. The predicted octanol–water partition coefficient (Wildman–Crippen LogP) is 4.27. The van der Waals surface area contributed by atoms with E-state index in [4.69, 9.17) is 31.4 Å². The average molecular weight is 467 g/mol. The summed E-state index contributed by atoms with van der Waals surface area (Å²) >= 11 is 9.54. The zero-order valence-corrected chi connectivity index (χ0v) is 17.1. The maximum atomic E-state index is 9.10. The Balaban J connectivity index is 0.000000409. The molecule has 7 nitrogen and oxygen atoms in total. The van der Waals surface area contributed by atoms with Crippen molar-refractivity contribution in [3.63, 3.8) is 0 Å². The number of hydrogen-bond donors (Lipinski definition) is 3. The molecule has 3 aromatic rings. The van der Waals surface area contributed by atoms with Crippen LogP contribution in [0.15, 0.2) is 59.2 Å². The molecule has 146 valence electrons. The molecule has 1 aromatic heterocycles. The van der Waals surface area contributed by atoms with Gasteiger partial charge in [0.2, 0.25) is 5.95 Å². The van der Waals surface area contributed by atoms with Gasteiger partial charge in [0.05, 0.1) is 11.9 Å². The van der Waals surface area contributed by atoms with Gasteiger partial charge in [-0.05, 0) is 29.8 Å². The first-order valence-electron chi connectivity index (χ1n) is 8.00. The van der Waals surface area contributed by atoms with E-state index >= 15 is 0 Å². The molecule has 0 spiro atoms. The van der Waals surface area contributed by atoms with Crippen molar-refractivity contribution in [3.8, 4) is 11.3 Å². The summed E-state index contributed by atoms with van der Waals surface area (Å²) in [6, 6.07) is 16.0. The smallest absolute Gasteiger partial charge is 0.414 e. The first-order valence-corrected chi connectivity index (χ1v) is 9.17. The molecule has 0 radical (unpaired) electrons. The number of halogens is 2. The molecule has 28 heavy (non-hydrogen) atoms. The lowest BCUT2D eigenvalue weighted by atomic mass is 10.2. The van der Waals surface area contributed by atoms with Crippen LogP contribution in [0.4, 0.5) is 5.95 Å². The summed E-state index contributed by atoms with van der Waals surface area (Å²) in [7, 11) is 1.99. The second kappa shape index (κ2) is 9.91. The molecule has 0 fully saturated rings. The van der Waals surface area contributed by atoms with Gasteiger partial charge < -0.3 is 20.1 Å². The van der Waals surface area contributed by atoms with Crippen molar-refractivity contribution >= 4 is 45.4 Å². The number of nitrogens with one attached hydrogen (secondary N) is 1. The fraction of sp³-hybridized carbons (Fsp3) is 0.105. The number of hydrogen-bond acceptors (Lipinski definition) is 4. The van der Waals surface area contributed by atoms with Gasteiger partial charge in [0, 0.05) is 28.7 Å². The van der Waals surface area contributed by atoms with Gasteiger partial charge in [-0.2, -0.15) is 0 Å². The maximum Gasteiger partial charge on any atom is 0.414 e. The molecule has 3 rings (SSSR count). The Morgan fingerprint density at radius 3 is 2.43 bits per heavy atom. The molecule has 0 saturated heterocycles. The summed E-state index contributed by atoms with van der Waals surface area (Å²) in [6.07, 6.45) is 1.86. The second-order valence-corrected chi connectivity index (χ2v) is 6.98. The summed E-state index contributed by atoms with van der Waals surface area (Å²) in [6.45, 7) is 0.722.